The van der Waals surface area contributed by atoms with Crippen LogP contribution in [0.4, 0.5) is 0 Å². The normalized spacial score (nSPS) is 12.0. The van der Waals surface area contributed by atoms with Gasteiger partial charge in [0.15, 0.2) is 0 Å². The van der Waals surface area contributed by atoms with Crippen molar-refractivity contribution in [1.82, 2.24) is 0 Å². The monoisotopic (exact) mass is 176 g/mol. The molecular weight excluding hydrogens is 159 g/mol. The first-order valence-corrected chi connectivity index (χ1v) is 6.81. The van der Waals surface area contributed by atoms with E-state index in [0.717, 1.165) is 9.50 Å². The first kappa shape index (κ1) is 8.50. The Kier molecular flexibility index (Phi) is 3.73. The fourth-order valence-corrected chi connectivity index (χ4v) is 3.46. The van der Waals surface area contributed by atoms with Crippen molar-refractivity contribution in [3.63, 3.8) is 0 Å². The van der Waals surface area contributed by atoms with Crippen LogP contribution in [0.3, 0.4) is 0 Å². The van der Waals surface area contributed by atoms with Gasteiger partial charge in [-0.25, -0.2) is 0 Å². The van der Waals surface area contributed by atoms with Crippen LogP contribution in [-0.2, 0) is 0 Å². The molecule has 0 rings (SSSR count). The molecule has 0 fully saturated rings. The third-order valence-corrected chi connectivity index (χ3v) is 6.93. The van der Waals surface area contributed by atoms with E-state index < -0.39 is 14.6 Å². The topological polar surface area (TPSA) is 26.0 Å². The Morgan fingerprint density at radius 1 is 1.00 bits per heavy atom. The van der Waals surface area contributed by atoms with Crippen LogP contribution in [0, 0.1) is 0 Å². The van der Waals surface area contributed by atoms with Crippen LogP contribution in [0.1, 0.15) is 27.7 Å². The Labute approximate surface area is 57.0 Å². The van der Waals surface area contributed by atoms with Crippen LogP contribution in [-0.4, -0.2) is 14.6 Å². The summed E-state index contributed by atoms with van der Waals surface area (Å²) in [6, 6.07) is 0. The first-order valence-electron chi connectivity index (χ1n) is 3.18. The molecular formula is C6H16GeN. The predicted octanol–water partition coefficient (Wildman–Crippen LogP) is 1.76. The van der Waals surface area contributed by atoms with E-state index in [2.05, 4.69) is 27.7 Å². The van der Waals surface area contributed by atoms with E-state index in [0.29, 0.717) is 0 Å². The van der Waals surface area contributed by atoms with Gasteiger partial charge in [0.1, 0.15) is 0 Å². The van der Waals surface area contributed by atoms with Gasteiger partial charge in [-0.15, -0.1) is 0 Å². The van der Waals surface area contributed by atoms with Crippen LogP contribution in [0.5, 0.6) is 0 Å². The van der Waals surface area contributed by atoms with E-state index in [-0.39, 0.29) is 0 Å². The summed E-state index contributed by atoms with van der Waals surface area (Å²) in [6.07, 6.45) is 0. The molecule has 0 atom stereocenters. The SMILES string of the molecule is C[CH](C)[Ge]([NH2])[CH](C)C. The second-order valence-corrected chi connectivity index (χ2v) is 9.75. The Morgan fingerprint density at radius 2 is 1.25 bits per heavy atom. The molecule has 0 aliphatic rings. The van der Waals surface area contributed by atoms with Gasteiger partial charge in [0, 0.05) is 0 Å². The molecule has 8 heavy (non-hydrogen) atoms. The molecule has 0 aromatic carbocycles. The van der Waals surface area contributed by atoms with Gasteiger partial charge in [0.2, 0.25) is 0 Å². The van der Waals surface area contributed by atoms with Gasteiger partial charge in [-0.2, -0.15) is 0 Å². The molecule has 0 saturated heterocycles. The van der Waals surface area contributed by atoms with Crippen LogP contribution in [0.2, 0.25) is 9.50 Å². The molecule has 49 valence electrons. The van der Waals surface area contributed by atoms with Crippen molar-refractivity contribution in [1.29, 1.82) is 0 Å². The van der Waals surface area contributed by atoms with E-state index in [1.165, 1.54) is 0 Å². The molecule has 0 bridgehead atoms. The van der Waals surface area contributed by atoms with Gasteiger partial charge in [-0.3, -0.25) is 0 Å². The molecule has 0 aromatic heterocycles. The zero-order valence-corrected chi connectivity index (χ0v) is 8.33. The molecule has 0 heterocycles. The average molecular weight is 175 g/mol. The standard InChI is InChI=1S/C6H16GeN/c1-5(2)7(8)6(3)4/h5-6H,8H2,1-4H3. The third kappa shape index (κ3) is 2.72. The average Bonchev–Trinajstić information content (AvgIpc) is 1.64. The molecule has 0 saturated carbocycles. The Morgan fingerprint density at radius 3 is 1.25 bits per heavy atom. The van der Waals surface area contributed by atoms with Gasteiger partial charge < -0.3 is 0 Å². The van der Waals surface area contributed by atoms with Crippen LogP contribution in [0.25, 0.3) is 0 Å². The zero-order valence-electron chi connectivity index (χ0n) is 6.23. The van der Waals surface area contributed by atoms with Crippen LogP contribution in [0.15, 0.2) is 0 Å². The van der Waals surface area contributed by atoms with Gasteiger partial charge in [0.25, 0.3) is 0 Å². The Bertz CT molecular complexity index is 53.5. The van der Waals surface area contributed by atoms with E-state index >= 15 is 0 Å². The zero-order chi connectivity index (χ0) is 6.73. The fourth-order valence-electron chi connectivity index (χ4n) is 0.667. The predicted molar refractivity (Wildman–Crippen MR) is 40.1 cm³/mol. The first-order chi connectivity index (χ1) is 3.55. The summed E-state index contributed by atoms with van der Waals surface area (Å²) in [4.78, 5) is 0. The van der Waals surface area contributed by atoms with Gasteiger partial charge in [-0.1, -0.05) is 0 Å². The molecule has 2 N–H and O–H groups in total. The molecule has 0 aliphatic carbocycles. The summed E-state index contributed by atoms with van der Waals surface area (Å²) >= 11 is -1.09. The summed E-state index contributed by atoms with van der Waals surface area (Å²) in [5.74, 6) is 0. The molecule has 0 unspecified atom stereocenters. The van der Waals surface area contributed by atoms with E-state index in [4.69, 9.17) is 4.69 Å². The van der Waals surface area contributed by atoms with E-state index in [1.807, 2.05) is 0 Å². The summed E-state index contributed by atoms with van der Waals surface area (Å²) in [5.41, 5.74) is 0. The third-order valence-electron chi connectivity index (χ3n) is 1.33. The van der Waals surface area contributed by atoms with Crippen molar-refractivity contribution >= 4 is 14.6 Å². The van der Waals surface area contributed by atoms with Gasteiger partial charge in [0.05, 0.1) is 0 Å². The summed E-state index contributed by atoms with van der Waals surface area (Å²) < 4.78 is 7.50. The maximum absolute atomic E-state index is 5.93. The maximum atomic E-state index is 5.93. The van der Waals surface area contributed by atoms with Crippen LogP contribution >= 0.6 is 0 Å². The van der Waals surface area contributed by atoms with E-state index in [1.54, 1.807) is 0 Å². The number of nitrogens with two attached hydrogens (primary N) is 1. The summed E-state index contributed by atoms with van der Waals surface area (Å²) in [7, 11) is 0. The van der Waals surface area contributed by atoms with Gasteiger partial charge in [-0.05, 0) is 0 Å². The molecule has 1 nitrogen and oxygen atoms in total. The molecule has 2 heteroatoms. The Balaban J connectivity index is 3.46. The van der Waals surface area contributed by atoms with Crippen molar-refractivity contribution in [2.45, 2.75) is 37.2 Å². The fraction of sp³-hybridized carbons (Fsp3) is 1.00. The van der Waals surface area contributed by atoms with Crippen molar-refractivity contribution in [2.24, 2.45) is 4.69 Å². The second-order valence-electron chi connectivity index (χ2n) is 2.81. The van der Waals surface area contributed by atoms with Crippen molar-refractivity contribution in [3.05, 3.63) is 0 Å². The quantitative estimate of drug-likeness (QED) is 0.635. The molecule has 0 spiro atoms. The van der Waals surface area contributed by atoms with E-state index in [9.17, 15) is 0 Å². The number of rotatable bonds is 2. The van der Waals surface area contributed by atoms with Crippen molar-refractivity contribution in [2.75, 3.05) is 0 Å². The number of hydrogen-bond acceptors (Lipinski definition) is 1. The minimum absolute atomic E-state index is 0.787. The molecule has 0 aliphatic heterocycles. The molecule has 0 amide bonds. The van der Waals surface area contributed by atoms with Crippen LogP contribution < -0.4 is 4.69 Å². The molecule has 1 radical (unpaired) electrons. The second kappa shape index (κ2) is 3.51. The van der Waals surface area contributed by atoms with Crippen molar-refractivity contribution < 1.29 is 0 Å². The van der Waals surface area contributed by atoms with Gasteiger partial charge >= 0.3 is 56.5 Å². The van der Waals surface area contributed by atoms with Crippen molar-refractivity contribution in [3.8, 4) is 0 Å². The minimum atomic E-state index is -1.09. The summed E-state index contributed by atoms with van der Waals surface area (Å²) in [6.45, 7) is 8.93. The Hall–Kier alpha value is 0.503. The number of hydrogen-bond donors (Lipinski definition) is 1. The summed E-state index contributed by atoms with van der Waals surface area (Å²) in [5, 5.41) is 0. The molecule has 0 aromatic rings.